The first-order valence-corrected chi connectivity index (χ1v) is 6.79. The summed E-state index contributed by atoms with van der Waals surface area (Å²) in [4.78, 5) is 3.68. The number of aryl methyl sites for hydroxylation is 1. The van der Waals surface area contributed by atoms with Crippen molar-refractivity contribution in [2.75, 3.05) is 4.72 Å². The molecule has 2 rings (SSSR count). The van der Waals surface area contributed by atoms with Gasteiger partial charge in [-0.15, -0.1) is 0 Å². The Morgan fingerprint density at radius 1 is 1.56 bits per heavy atom. The van der Waals surface area contributed by atoms with E-state index in [0.29, 0.717) is 5.82 Å². The molecule has 86 valence electrons. The van der Waals surface area contributed by atoms with Crippen LogP contribution in [0.5, 0.6) is 0 Å². The maximum atomic E-state index is 11.8. The van der Waals surface area contributed by atoms with Gasteiger partial charge in [0.15, 0.2) is 8.68 Å². The van der Waals surface area contributed by atoms with Crippen LogP contribution in [0.25, 0.3) is 0 Å². The lowest BCUT2D eigenvalue weighted by Gasteiger charge is -2.04. The second kappa shape index (κ2) is 4.04. The van der Waals surface area contributed by atoms with Crippen molar-refractivity contribution in [3.8, 4) is 0 Å². The number of nitrogens with zero attached hydrogens (tertiary/aromatic N) is 3. The number of thiazole rings is 1. The van der Waals surface area contributed by atoms with Crippen molar-refractivity contribution in [3.63, 3.8) is 0 Å². The standard InChI is InChI=1S/C7H7ClN4O2S2/c1-12-5(2-3-10-12)11-16(13,14)6-4-9-7(8)15-6/h2-4,11H,1H3. The molecule has 0 spiro atoms. The summed E-state index contributed by atoms with van der Waals surface area (Å²) in [6, 6.07) is 1.56. The summed E-state index contributed by atoms with van der Waals surface area (Å²) in [7, 11) is -1.99. The van der Waals surface area contributed by atoms with E-state index < -0.39 is 10.0 Å². The minimum Gasteiger partial charge on any atom is -0.263 e. The predicted octanol–water partition coefficient (Wildman–Crippen LogP) is 1.33. The third-order valence-electron chi connectivity index (χ3n) is 1.78. The Balaban J connectivity index is 2.31. The molecule has 0 aliphatic carbocycles. The van der Waals surface area contributed by atoms with Gasteiger partial charge >= 0.3 is 0 Å². The van der Waals surface area contributed by atoms with E-state index in [0.717, 1.165) is 11.3 Å². The zero-order valence-electron chi connectivity index (χ0n) is 8.08. The van der Waals surface area contributed by atoms with Gasteiger partial charge in [0, 0.05) is 13.1 Å². The van der Waals surface area contributed by atoms with Gasteiger partial charge < -0.3 is 0 Å². The van der Waals surface area contributed by atoms with Crippen LogP contribution in [0.3, 0.4) is 0 Å². The van der Waals surface area contributed by atoms with Crippen molar-refractivity contribution >= 4 is 38.8 Å². The van der Waals surface area contributed by atoms with Crippen molar-refractivity contribution in [2.24, 2.45) is 7.05 Å². The van der Waals surface area contributed by atoms with Gasteiger partial charge in [-0.2, -0.15) is 5.10 Å². The quantitative estimate of drug-likeness (QED) is 0.919. The van der Waals surface area contributed by atoms with E-state index in [1.54, 1.807) is 13.1 Å². The summed E-state index contributed by atoms with van der Waals surface area (Å²) < 4.78 is 27.7. The molecule has 2 aromatic rings. The molecule has 0 radical (unpaired) electrons. The molecule has 0 fully saturated rings. The fourth-order valence-corrected chi connectivity index (χ4v) is 3.41. The van der Waals surface area contributed by atoms with E-state index in [1.807, 2.05) is 0 Å². The van der Waals surface area contributed by atoms with Crippen molar-refractivity contribution in [3.05, 3.63) is 22.9 Å². The van der Waals surface area contributed by atoms with Crippen molar-refractivity contribution < 1.29 is 8.42 Å². The second-order valence-electron chi connectivity index (χ2n) is 2.88. The van der Waals surface area contributed by atoms with Gasteiger partial charge in [-0.1, -0.05) is 22.9 Å². The van der Waals surface area contributed by atoms with Gasteiger partial charge in [-0.05, 0) is 0 Å². The number of anilines is 1. The summed E-state index contributed by atoms with van der Waals surface area (Å²) in [5.41, 5.74) is 0. The Labute approximate surface area is 101 Å². The molecule has 1 N–H and O–H groups in total. The summed E-state index contributed by atoms with van der Waals surface area (Å²) >= 11 is 6.47. The molecular formula is C7H7ClN4O2S2. The van der Waals surface area contributed by atoms with Gasteiger partial charge in [0.1, 0.15) is 5.82 Å². The second-order valence-corrected chi connectivity index (χ2v) is 6.40. The van der Waals surface area contributed by atoms with Crippen LogP contribution in [-0.4, -0.2) is 23.2 Å². The smallest absolute Gasteiger partial charge is 0.263 e. The van der Waals surface area contributed by atoms with E-state index in [2.05, 4.69) is 14.8 Å². The first-order valence-electron chi connectivity index (χ1n) is 4.11. The minimum atomic E-state index is -3.62. The average molecular weight is 279 g/mol. The highest BCUT2D eigenvalue weighted by atomic mass is 35.5. The fourth-order valence-electron chi connectivity index (χ4n) is 1.03. The molecule has 9 heteroatoms. The van der Waals surface area contributed by atoms with Gasteiger partial charge in [0.05, 0.1) is 12.4 Å². The minimum absolute atomic E-state index is 0.0682. The van der Waals surface area contributed by atoms with Crippen LogP contribution in [0.2, 0.25) is 4.47 Å². The third-order valence-corrected chi connectivity index (χ3v) is 4.71. The molecule has 0 amide bonds. The molecule has 0 aliphatic heterocycles. The first kappa shape index (κ1) is 11.4. The first-order chi connectivity index (χ1) is 7.49. The van der Waals surface area contributed by atoms with Crippen molar-refractivity contribution in [2.45, 2.75) is 4.21 Å². The number of rotatable bonds is 3. The summed E-state index contributed by atoms with van der Waals surface area (Å²) in [5.74, 6) is 0.379. The molecule has 0 saturated heterocycles. The van der Waals surface area contributed by atoms with Crippen LogP contribution < -0.4 is 4.72 Å². The predicted molar refractivity (Wildman–Crippen MR) is 61.1 cm³/mol. The molecule has 6 nitrogen and oxygen atoms in total. The topological polar surface area (TPSA) is 76.9 Å². The van der Waals surface area contributed by atoms with E-state index in [-0.39, 0.29) is 8.68 Å². The van der Waals surface area contributed by atoms with Gasteiger partial charge in [-0.25, -0.2) is 13.4 Å². The number of hydrogen-bond acceptors (Lipinski definition) is 5. The van der Waals surface area contributed by atoms with E-state index in [1.165, 1.54) is 17.1 Å². The molecule has 0 aromatic carbocycles. The molecule has 0 unspecified atom stereocenters. The maximum Gasteiger partial charge on any atom is 0.274 e. The molecule has 2 aromatic heterocycles. The van der Waals surface area contributed by atoms with E-state index in [4.69, 9.17) is 11.6 Å². The van der Waals surface area contributed by atoms with Crippen molar-refractivity contribution in [1.29, 1.82) is 0 Å². The van der Waals surface area contributed by atoms with Gasteiger partial charge in [-0.3, -0.25) is 9.40 Å². The lowest BCUT2D eigenvalue weighted by molar-refractivity contribution is 0.602. The van der Waals surface area contributed by atoms with Crippen LogP contribution in [0.15, 0.2) is 22.7 Å². The fraction of sp³-hybridized carbons (Fsp3) is 0.143. The maximum absolute atomic E-state index is 11.8. The lowest BCUT2D eigenvalue weighted by Crippen LogP contribution is -2.14. The normalized spacial score (nSPS) is 11.6. The Hall–Kier alpha value is -1.12. The van der Waals surface area contributed by atoms with E-state index in [9.17, 15) is 8.42 Å². The molecule has 0 saturated carbocycles. The Kier molecular flexibility index (Phi) is 2.87. The highest BCUT2D eigenvalue weighted by Gasteiger charge is 2.18. The average Bonchev–Trinajstić information content (AvgIpc) is 2.77. The number of halogens is 1. The lowest BCUT2D eigenvalue weighted by atomic mass is 10.7. The highest BCUT2D eigenvalue weighted by Crippen LogP contribution is 2.24. The molecule has 0 aliphatic rings. The zero-order chi connectivity index (χ0) is 11.8. The Morgan fingerprint density at radius 2 is 2.31 bits per heavy atom. The summed E-state index contributed by atoms with van der Waals surface area (Å²) in [6.07, 6.45) is 2.71. The highest BCUT2D eigenvalue weighted by molar-refractivity contribution is 7.94. The molecule has 0 bridgehead atoms. The van der Waals surface area contributed by atoms with Gasteiger partial charge in [0.2, 0.25) is 0 Å². The number of aromatic nitrogens is 3. The molecule has 16 heavy (non-hydrogen) atoms. The molecule has 2 heterocycles. The molecular weight excluding hydrogens is 272 g/mol. The Morgan fingerprint density at radius 3 is 2.81 bits per heavy atom. The van der Waals surface area contributed by atoms with Crippen LogP contribution >= 0.6 is 22.9 Å². The van der Waals surface area contributed by atoms with Gasteiger partial charge in [0.25, 0.3) is 10.0 Å². The number of nitrogens with one attached hydrogen (secondary N) is 1. The van der Waals surface area contributed by atoms with Crippen LogP contribution in [0.4, 0.5) is 5.82 Å². The summed E-state index contributed by atoms with van der Waals surface area (Å²) in [6.45, 7) is 0. The third kappa shape index (κ3) is 2.18. The Bertz CT molecular complexity index is 603. The number of hydrogen-bond donors (Lipinski definition) is 1. The zero-order valence-corrected chi connectivity index (χ0v) is 10.5. The van der Waals surface area contributed by atoms with Crippen LogP contribution in [-0.2, 0) is 17.1 Å². The summed E-state index contributed by atoms with van der Waals surface area (Å²) in [5, 5.41) is 3.85. The monoisotopic (exact) mass is 278 g/mol. The van der Waals surface area contributed by atoms with Crippen LogP contribution in [0.1, 0.15) is 0 Å². The van der Waals surface area contributed by atoms with Crippen molar-refractivity contribution in [1.82, 2.24) is 14.8 Å². The number of sulfonamides is 1. The molecule has 0 atom stereocenters. The van der Waals surface area contributed by atoms with Crippen LogP contribution in [0, 0.1) is 0 Å². The van der Waals surface area contributed by atoms with E-state index >= 15 is 0 Å². The SMILES string of the molecule is Cn1nccc1NS(=O)(=O)c1cnc(Cl)s1. The largest absolute Gasteiger partial charge is 0.274 e.